The quantitative estimate of drug-likeness (QED) is 0.619. The van der Waals surface area contributed by atoms with Gasteiger partial charge in [0.15, 0.2) is 6.10 Å². The topological polar surface area (TPSA) is 76.8 Å². The lowest BCUT2D eigenvalue weighted by Gasteiger charge is -2.42. The van der Waals surface area contributed by atoms with Crippen LogP contribution in [0.1, 0.15) is 30.6 Å². The minimum absolute atomic E-state index is 0.0138. The predicted molar refractivity (Wildman–Crippen MR) is 101 cm³/mol. The molecule has 0 aromatic heterocycles. The summed E-state index contributed by atoms with van der Waals surface area (Å²) in [5.41, 5.74) is 6.60. The summed E-state index contributed by atoms with van der Waals surface area (Å²) in [6, 6.07) is 3.09. The minimum Gasteiger partial charge on any atom is -0.477 e. The number of halogens is 1. The van der Waals surface area contributed by atoms with Crippen molar-refractivity contribution >= 4 is 23.2 Å². The van der Waals surface area contributed by atoms with Gasteiger partial charge in [-0.25, -0.2) is 0 Å². The molecule has 1 amide bonds. The van der Waals surface area contributed by atoms with Crippen LogP contribution in [0.2, 0.25) is 5.02 Å². The number of hydrogen-bond acceptors (Lipinski definition) is 5. The van der Waals surface area contributed by atoms with Crippen LogP contribution in [0.3, 0.4) is 0 Å². The monoisotopic (exact) mass is 377 g/mol. The van der Waals surface area contributed by atoms with Gasteiger partial charge in [-0.3, -0.25) is 9.69 Å². The highest BCUT2D eigenvalue weighted by molar-refractivity contribution is 6.33. The molecule has 4 atom stereocenters. The highest BCUT2D eigenvalue weighted by atomic mass is 35.5. The van der Waals surface area contributed by atoms with E-state index in [0.29, 0.717) is 28.6 Å². The predicted octanol–water partition coefficient (Wildman–Crippen LogP) is 1.92. The van der Waals surface area contributed by atoms with Crippen LogP contribution in [-0.2, 0) is 4.74 Å². The first-order valence-corrected chi connectivity index (χ1v) is 9.18. The average Bonchev–Trinajstić information content (AvgIpc) is 2.61. The molecular weight excluding hydrogens is 354 g/mol. The maximum Gasteiger partial charge on any atom is 0.255 e. The van der Waals surface area contributed by atoms with E-state index in [4.69, 9.17) is 26.8 Å². The van der Waals surface area contributed by atoms with Crippen molar-refractivity contribution in [1.82, 2.24) is 10.2 Å². The third-order valence-electron chi connectivity index (χ3n) is 4.69. The number of nitrogens with zero attached hydrogens (tertiary/aromatic N) is 1. The highest BCUT2D eigenvalue weighted by Gasteiger charge is 2.34. The fraction of sp³-hybridized carbons (Fsp3) is 0.526. The molecule has 2 fully saturated rings. The lowest BCUT2D eigenvalue weighted by atomic mass is 9.99. The summed E-state index contributed by atoms with van der Waals surface area (Å²) in [4.78, 5) is 15.3. The molecule has 2 aliphatic rings. The van der Waals surface area contributed by atoms with Crippen LogP contribution >= 0.6 is 11.6 Å². The van der Waals surface area contributed by atoms with Gasteiger partial charge in [0.2, 0.25) is 0 Å². The van der Waals surface area contributed by atoms with E-state index < -0.39 is 0 Å². The first-order valence-electron chi connectivity index (χ1n) is 8.80. The number of rotatable bonds is 4. The van der Waals surface area contributed by atoms with Crippen molar-refractivity contribution in [3.63, 3.8) is 0 Å². The first-order chi connectivity index (χ1) is 12.5. The van der Waals surface area contributed by atoms with Gasteiger partial charge < -0.3 is 20.5 Å². The van der Waals surface area contributed by atoms with Gasteiger partial charge in [0, 0.05) is 25.7 Å². The molecule has 1 aromatic carbocycles. The third kappa shape index (κ3) is 4.24. The Bertz CT molecular complexity index is 744. The molecular formula is C19H24ClN3O3. The number of hydrogen-bond donors (Lipinski definition) is 2. The summed E-state index contributed by atoms with van der Waals surface area (Å²) in [6.45, 7) is 7.01. The number of ether oxygens (including phenoxy) is 2. The number of benzene rings is 1. The Labute approximate surface area is 159 Å². The molecule has 3 N–H and O–H groups in total. The number of amides is 1. The standard InChI is InChI=1S/C19H24ClN3O3/c1-3-4-12(2)26-17-10-15(21)14(20)9-13(17)19(24)22-16-5-6-23-7-8-25-18(16)11-23/h9-10,12,16,18H,5-8,11,21H2,1-2H3,(H,22,24). The summed E-state index contributed by atoms with van der Waals surface area (Å²) in [5, 5.41) is 3.40. The van der Waals surface area contributed by atoms with Crippen LogP contribution in [0.5, 0.6) is 5.75 Å². The molecule has 2 aliphatic heterocycles. The molecule has 26 heavy (non-hydrogen) atoms. The smallest absolute Gasteiger partial charge is 0.255 e. The molecule has 2 saturated heterocycles. The van der Waals surface area contributed by atoms with E-state index in [1.165, 1.54) is 0 Å². The second-order valence-electron chi connectivity index (χ2n) is 6.60. The SMILES string of the molecule is CC#CC(C)Oc1cc(N)c(Cl)cc1C(=O)NC1CCN2CCOC1C2. The molecule has 6 nitrogen and oxygen atoms in total. The molecule has 2 heterocycles. The normalized spacial score (nSPS) is 25.6. The molecule has 3 rings (SSSR count). The van der Waals surface area contributed by atoms with Gasteiger partial charge in [-0.1, -0.05) is 17.5 Å². The van der Waals surface area contributed by atoms with Gasteiger partial charge in [-0.2, -0.15) is 0 Å². The van der Waals surface area contributed by atoms with Crippen LogP contribution in [0.4, 0.5) is 5.69 Å². The molecule has 0 spiro atoms. The van der Waals surface area contributed by atoms with Crippen molar-refractivity contribution in [2.24, 2.45) is 0 Å². The number of fused-ring (bicyclic) bond motifs is 2. The van der Waals surface area contributed by atoms with Crippen molar-refractivity contribution in [2.75, 3.05) is 32.0 Å². The lowest BCUT2D eigenvalue weighted by molar-refractivity contribution is -0.0702. The van der Waals surface area contributed by atoms with Crippen molar-refractivity contribution < 1.29 is 14.3 Å². The van der Waals surface area contributed by atoms with E-state index in [1.54, 1.807) is 19.1 Å². The summed E-state index contributed by atoms with van der Waals surface area (Å²) in [6.07, 6.45) is 0.504. The number of nitrogens with two attached hydrogens (primary N) is 1. The Morgan fingerprint density at radius 1 is 1.50 bits per heavy atom. The fourth-order valence-electron chi connectivity index (χ4n) is 3.36. The van der Waals surface area contributed by atoms with Crippen LogP contribution < -0.4 is 15.8 Å². The zero-order valence-electron chi connectivity index (χ0n) is 15.0. The van der Waals surface area contributed by atoms with E-state index in [0.717, 1.165) is 26.1 Å². The average molecular weight is 378 g/mol. The summed E-state index contributed by atoms with van der Waals surface area (Å²) in [5.74, 6) is 5.83. The van der Waals surface area contributed by atoms with Crippen LogP contribution in [0, 0.1) is 11.8 Å². The van der Waals surface area contributed by atoms with Gasteiger partial charge in [0.1, 0.15) is 5.75 Å². The highest BCUT2D eigenvalue weighted by Crippen LogP contribution is 2.30. The number of nitrogens with one attached hydrogen (secondary N) is 1. The van der Waals surface area contributed by atoms with E-state index in [-0.39, 0.29) is 24.2 Å². The Morgan fingerprint density at radius 3 is 3.08 bits per heavy atom. The fourth-order valence-corrected chi connectivity index (χ4v) is 3.53. The Balaban J connectivity index is 1.78. The van der Waals surface area contributed by atoms with Crippen molar-refractivity contribution in [3.8, 4) is 17.6 Å². The van der Waals surface area contributed by atoms with Gasteiger partial charge in [0.05, 0.1) is 35.0 Å². The third-order valence-corrected chi connectivity index (χ3v) is 5.02. The van der Waals surface area contributed by atoms with Crippen molar-refractivity contribution in [3.05, 3.63) is 22.7 Å². The number of piperidine rings is 1. The van der Waals surface area contributed by atoms with Crippen molar-refractivity contribution in [2.45, 2.75) is 38.5 Å². The van der Waals surface area contributed by atoms with Gasteiger partial charge in [-0.15, -0.1) is 5.92 Å². The first kappa shape index (κ1) is 18.8. The molecule has 0 radical (unpaired) electrons. The number of carbonyl (C=O) groups excluding carboxylic acids is 1. The van der Waals surface area contributed by atoms with E-state index in [1.807, 2.05) is 6.92 Å². The van der Waals surface area contributed by atoms with E-state index >= 15 is 0 Å². The molecule has 0 saturated carbocycles. The van der Waals surface area contributed by atoms with Gasteiger partial charge in [-0.05, 0) is 26.3 Å². The van der Waals surface area contributed by atoms with E-state index in [2.05, 4.69) is 22.1 Å². The number of morpholine rings is 1. The second kappa shape index (κ2) is 8.17. The minimum atomic E-state index is -0.364. The van der Waals surface area contributed by atoms with Gasteiger partial charge in [0.25, 0.3) is 5.91 Å². The largest absolute Gasteiger partial charge is 0.477 e. The van der Waals surface area contributed by atoms with Crippen LogP contribution in [0.15, 0.2) is 12.1 Å². The van der Waals surface area contributed by atoms with Crippen LogP contribution in [-0.4, -0.2) is 55.3 Å². The maximum absolute atomic E-state index is 12.9. The number of carbonyl (C=O) groups is 1. The van der Waals surface area contributed by atoms with E-state index in [9.17, 15) is 4.79 Å². The zero-order valence-corrected chi connectivity index (χ0v) is 15.8. The molecule has 0 aliphatic carbocycles. The number of nitrogen functional groups attached to an aromatic ring is 1. The molecule has 140 valence electrons. The molecule has 7 heteroatoms. The molecule has 1 aromatic rings. The molecule has 2 bridgehead atoms. The van der Waals surface area contributed by atoms with Crippen molar-refractivity contribution in [1.29, 1.82) is 0 Å². The molecule has 4 unspecified atom stereocenters. The summed E-state index contributed by atoms with van der Waals surface area (Å²) >= 11 is 6.13. The zero-order chi connectivity index (χ0) is 18.7. The number of anilines is 1. The Kier molecular flexibility index (Phi) is 5.92. The second-order valence-corrected chi connectivity index (χ2v) is 7.01. The maximum atomic E-state index is 12.9. The summed E-state index contributed by atoms with van der Waals surface area (Å²) < 4.78 is 11.6. The summed E-state index contributed by atoms with van der Waals surface area (Å²) in [7, 11) is 0. The lowest BCUT2D eigenvalue weighted by Crippen LogP contribution is -2.58. The Hall–Kier alpha value is -1.94. The Morgan fingerprint density at radius 2 is 2.31 bits per heavy atom. The van der Waals surface area contributed by atoms with Crippen LogP contribution in [0.25, 0.3) is 0 Å². The van der Waals surface area contributed by atoms with Gasteiger partial charge >= 0.3 is 0 Å².